The Kier molecular flexibility index (Phi) is 9.90. The maximum atomic E-state index is 5.73. The fourth-order valence-electron chi connectivity index (χ4n) is 3.50. The van der Waals surface area contributed by atoms with Gasteiger partial charge in [0.05, 0.1) is 13.1 Å². The zero-order valence-corrected chi connectivity index (χ0v) is 21.4. The maximum Gasteiger partial charge on any atom is 0.191 e. The van der Waals surface area contributed by atoms with Crippen molar-refractivity contribution in [2.24, 2.45) is 4.99 Å². The van der Waals surface area contributed by atoms with E-state index < -0.39 is 0 Å². The van der Waals surface area contributed by atoms with Gasteiger partial charge < -0.3 is 15.4 Å². The summed E-state index contributed by atoms with van der Waals surface area (Å²) in [4.78, 5) is 8.32. The highest BCUT2D eigenvalue weighted by Crippen LogP contribution is 2.24. The van der Waals surface area contributed by atoms with Crippen LogP contribution < -0.4 is 15.4 Å². The molecule has 0 atom stereocenters. The Morgan fingerprint density at radius 2 is 1.71 bits per heavy atom. The van der Waals surface area contributed by atoms with Crippen molar-refractivity contribution in [1.82, 2.24) is 25.4 Å². The molecule has 4 aromatic rings. The van der Waals surface area contributed by atoms with Gasteiger partial charge in [-0.25, -0.2) is 9.67 Å². The Morgan fingerprint density at radius 3 is 2.44 bits per heavy atom. The van der Waals surface area contributed by atoms with Crippen molar-refractivity contribution in [3.8, 4) is 16.9 Å². The highest BCUT2D eigenvalue weighted by Gasteiger charge is 2.07. The monoisotopic (exact) mass is 568 g/mol. The summed E-state index contributed by atoms with van der Waals surface area (Å²) in [6.07, 6.45) is 3.28. The van der Waals surface area contributed by atoms with Crippen LogP contribution >= 0.6 is 24.0 Å². The molecule has 0 aliphatic rings. The average Bonchev–Trinajstić information content (AvgIpc) is 3.38. The van der Waals surface area contributed by atoms with Gasteiger partial charge in [0.1, 0.15) is 25.0 Å². The third kappa shape index (κ3) is 7.31. The summed E-state index contributed by atoms with van der Waals surface area (Å²) in [5.74, 6) is 1.60. The molecule has 7 nitrogen and oxygen atoms in total. The van der Waals surface area contributed by atoms with Gasteiger partial charge in [0.15, 0.2) is 5.96 Å². The lowest BCUT2D eigenvalue weighted by Crippen LogP contribution is -2.38. The third-order valence-electron chi connectivity index (χ3n) is 5.17. The Balaban J connectivity index is 0.00000324. The van der Waals surface area contributed by atoms with Gasteiger partial charge in [-0.3, -0.25) is 4.99 Å². The molecular formula is C26H29IN6O. The second-order valence-corrected chi connectivity index (χ2v) is 7.46. The van der Waals surface area contributed by atoms with Gasteiger partial charge in [-0.05, 0) is 34.4 Å². The van der Waals surface area contributed by atoms with Crippen LogP contribution in [0.2, 0.25) is 0 Å². The highest BCUT2D eigenvalue weighted by molar-refractivity contribution is 14.0. The Labute approximate surface area is 217 Å². The molecular weight excluding hydrogens is 539 g/mol. The molecule has 3 aromatic carbocycles. The topological polar surface area (TPSA) is 76.4 Å². The lowest BCUT2D eigenvalue weighted by atomic mass is 9.98. The zero-order chi connectivity index (χ0) is 22.7. The van der Waals surface area contributed by atoms with E-state index in [1.165, 1.54) is 22.3 Å². The van der Waals surface area contributed by atoms with Crippen molar-refractivity contribution in [2.75, 3.05) is 20.2 Å². The zero-order valence-electron chi connectivity index (χ0n) is 19.1. The van der Waals surface area contributed by atoms with Crippen LogP contribution in [0, 0.1) is 0 Å². The van der Waals surface area contributed by atoms with E-state index in [0.717, 1.165) is 11.7 Å². The number of hydrogen-bond donors (Lipinski definition) is 2. The lowest BCUT2D eigenvalue weighted by Gasteiger charge is -2.15. The standard InChI is InChI=1S/C26H28N6O.HI/c1-27-26(29-15-16-33-24-8-3-2-4-9-24)30-17-23-7-5-6-10-25(23)22-13-11-21(12-14-22)18-32-20-28-19-31-32;/h2-14,19-20H,15-18H2,1H3,(H2,27,29,30);1H. The van der Waals surface area contributed by atoms with Gasteiger partial charge in [-0.15, -0.1) is 24.0 Å². The summed E-state index contributed by atoms with van der Waals surface area (Å²) < 4.78 is 7.54. The lowest BCUT2D eigenvalue weighted by molar-refractivity contribution is 0.322. The molecule has 0 saturated carbocycles. The first-order chi connectivity index (χ1) is 16.3. The Hall–Kier alpha value is -3.40. The van der Waals surface area contributed by atoms with Gasteiger partial charge in [0.2, 0.25) is 0 Å². The molecule has 34 heavy (non-hydrogen) atoms. The van der Waals surface area contributed by atoms with Gasteiger partial charge in [0, 0.05) is 13.6 Å². The van der Waals surface area contributed by atoms with Gasteiger partial charge in [-0.1, -0.05) is 66.7 Å². The first-order valence-electron chi connectivity index (χ1n) is 10.9. The fraction of sp³-hybridized carbons (Fsp3) is 0.192. The molecule has 0 aliphatic carbocycles. The number of guanidine groups is 1. The highest BCUT2D eigenvalue weighted by atomic mass is 127. The number of aromatic nitrogens is 3. The first-order valence-corrected chi connectivity index (χ1v) is 10.9. The molecule has 0 bridgehead atoms. The number of para-hydroxylation sites is 1. The number of benzene rings is 3. The average molecular weight is 568 g/mol. The predicted molar refractivity (Wildman–Crippen MR) is 147 cm³/mol. The van der Waals surface area contributed by atoms with Crippen molar-refractivity contribution in [1.29, 1.82) is 0 Å². The summed E-state index contributed by atoms with van der Waals surface area (Å²) in [7, 11) is 1.77. The van der Waals surface area contributed by atoms with Gasteiger partial charge in [-0.2, -0.15) is 5.10 Å². The van der Waals surface area contributed by atoms with Crippen LogP contribution in [0.5, 0.6) is 5.75 Å². The van der Waals surface area contributed by atoms with E-state index in [2.05, 4.69) is 74.2 Å². The van der Waals surface area contributed by atoms with Crippen LogP contribution in [-0.2, 0) is 13.1 Å². The second-order valence-electron chi connectivity index (χ2n) is 7.46. The van der Waals surface area contributed by atoms with Crippen LogP contribution in [0.3, 0.4) is 0 Å². The molecule has 176 valence electrons. The Morgan fingerprint density at radius 1 is 0.941 bits per heavy atom. The summed E-state index contributed by atoms with van der Waals surface area (Å²) in [6.45, 7) is 2.58. The van der Waals surface area contributed by atoms with Crippen LogP contribution in [0.15, 0.2) is 96.5 Å². The van der Waals surface area contributed by atoms with E-state index in [1.807, 2.05) is 35.0 Å². The minimum absolute atomic E-state index is 0. The van der Waals surface area contributed by atoms with Crippen LogP contribution in [0.1, 0.15) is 11.1 Å². The second kappa shape index (κ2) is 13.3. The quantitative estimate of drug-likeness (QED) is 0.136. The maximum absolute atomic E-state index is 5.73. The summed E-state index contributed by atoms with van der Waals surface area (Å²) >= 11 is 0. The van der Waals surface area contributed by atoms with Crippen molar-refractivity contribution in [3.63, 3.8) is 0 Å². The molecule has 1 heterocycles. The normalized spacial score (nSPS) is 10.9. The van der Waals surface area contributed by atoms with E-state index in [0.29, 0.717) is 26.2 Å². The Bertz CT molecular complexity index is 1150. The number of rotatable bonds is 9. The largest absolute Gasteiger partial charge is 0.492 e. The number of nitrogens with zero attached hydrogens (tertiary/aromatic N) is 4. The first kappa shape index (κ1) is 25.2. The van der Waals surface area contributed by atoms with Gasteiger partial charge in [0.25, 0.3) is 0 Å². The molecule has 0 radical (unpaired) electrons. The van der Waals surface area contributed by atoms with E-state index in [9.17, 15) is 0 Å². The molecule has 0 aliphatic heterocycles. The smallest absolute Gasteiger partial charge is 0.191 e. The summed E-state index contributed by atoms with van der Waals surface area (Å²) in [6, 6.07) is 26.8. The van der Waals surface area contributed by atoms with Crippen molar-refractivity contribution in [2.45, 2.75) is 13.1 Å². The van der Waals surface area contributed by atoms with E-state index in [1.54, 1.807) is 19.7 Å². The molecule has 0 spiro atoms. The third-order valence-corrected chi connectivity index (χ3v) is 5.17. The molecule has 4 rings (SSSR count). The number of aliphatic imine (C=N–C) groups is 1. The van der Waals surface area contributed by atoms with Crippen molar-refractivity contribution < 1.29 is 4.74 Å². The minimum Gasteiger partial charge on any atom is -0.492 e. The van der Waals surface area contributed by atoms with E-state index >= 15 is 0 Å². The molecule has 2 N–H and O–H groups in total. The van der Waals surface area contributed by atoms with E-state index in [-0.39, 0.29) is 24.0 Å². The SMILES string of the molecule is CN=C(NCCOc1ccccc1)NCc1ccccc1-c1ccc(Cn2cncn2)cc1.I. The molecule has 0 amide bonds. The molecule has 0 saturated heterocycles. The van der Waals surface area contributed by atoms with Crippen molar-refractivity contribution in [3.05, 3.63) is 103 Å². The molecule has 0 unspecified atom stereocenters. The predicted octanol–water partition coefficient (Wildman–Crippen LogP) is 4.36. The summed E-state index contributed by atoms with van der Waals surface area (Å²) in [5.41, 5.74) is 4.75. The van der Waals surface area contributed by atoms with Crippen LogP contribution in [-0.4, -0.2) is 40.9 Å². The van der Waals surface area contributed by atoms with Crippen LogP contribution in [0.25, 0.3) is 11.1 Å². The summed E-state index contributed by atoms with van der Waals surface area (Å²) in [5, 5.41) is 10.9. The molecule has 0 fully saturated rings. The fourth-order valence-corrected chi connectivity index (χ4v) is 3.50. The number of halogens is 1. The van der Waals surface area contributed by atoms with Crippen molar-refractivity contribution >= 4 is 29.9 Å². The van der Waals surface area contributed by atoms with E-state index in [4.69, 9.17) is 4.74 Å². The molecule has 1 aromatic heterocycles. The molecule has 8 heteroatoms. The van der Waals surface area contributed by atoms with Crippen LogP contribution in [0.4, 0.5) is 0 Å². The minimum atomic E-state index is 0. The number of hydrogen-bond acceptors (Lipinski definition) is 4. The number of ether oxygens (including phenoxy) is 1. The number of nitrogens with one attached hydrogen (secondary N) is 2. The van der Waals surface area contributed by atoms with Gasteiger partial charge >= 0.3 is 0 Å².